The van der Waals surface area contributed by atoms with Gasteiger partial charge in [0.15, 0.2) is 0 Å². The molecule has 7 heteroatoms. The fraction of sp³-hybridized carbons (Fsp3) is 0.769. The molecule has 0 N–H and O–H groups in total. The predicted octanol–water partition coefficient (Wildman–Crippen LogP) is 2.37. The fourth-order valence-corrected chi connectivity index (χ4v) is 5.83. The smallest absolute Gasteiger partial charge is 0.247 e. The van der Waals surface area contributed by atoms with Crippen LogP contribution in [-0.2, 0) is 17.1 Å². The van der Waals surface area contributed by atoms with Crippen molar-refractivity contribution in [3.8, 4) is 0 Å². The zero-order valence-corrected chi connectivity index (χ0v) is 14.7. The average Bonchev–Trinajstić information content (AvgIpc) is 2.59. The number of alkyl halides is 1. The third-order valence-electron chi connectivity index (χ3n) is 4.01. The van der Waals surface area contributed by atoms with E-state index < -0.39 is 10.0 Å². The van der Waals surface area contributed by atoms with Gasteiger partial charge in [0.25, 0.3) is 0 Å². The topological polar surface area (TPSA) is 55.2 Å². The maximum atomic E-state index is 13.0. The van der Waals surface area contributed by atoms with Crippen LogP contribution in [-0.4, -0.2) is 40.4 Å². The van der Waals surface area contributed by atoms with Gasteiger partial charge in [0.2, 0.25) is 10.0 Å². The molecule has 20 heavy (non-hydrogen) atoms. The van der Waals surface area contributed by atoms with Crippen LogP contribution in [0.25, 0.3) is 0 Å². The molecule has 5 nitrogen and oxygen atoms in total. The monoisotopic (exact) mass is 363 g/mol. The minimum absolute atomic E-state index is 0.0431. The number of hydrogen-bond acceptors (Lipinski definition) is 3. The standard InChI is InChI=1S/C13H22BrN3O2S/c1-10-13(11(2)16(3)15-10)20(18,19)17-8-6-4-5-7-12(17)9-14/h12H,4-9H2,1-3H3. The third-order valence-corrected chi connectivity index (χ3v) is 6.96. The van der Waals surface area contributed by atoms with Gasteiger partial charge in [0, 0.05) is 25.0 Å². The summed E-state index contributed by atoms with van der Waals surface area (Å²) in [6.45, 7) is 4.18. The van der Waals surface area contributed by atoms with Crippen LogP contribution in [0.1, 0.15) is 37.1 Å². The lowest BCUT2D eigenvalue weighted by atomic mass is 10.1. The average molecular weight is 364 g/mol. The van der Waals surface area contributed by atoms with Crippen molar-refractivity contribution in [2.75, 3.05) is 11.9 Å². The molecule has 1 aliphatic heterocycles. The molecule has 2 rings (SSSR count). The minimum atomic E-state index is -3.47. The molecule has 1 aliphatic rings. The summed E-state index contributed by atoms with van der Waals surface area (Å²) in [6, 6.07) is 0.0431. The van der Waals surface area contributed by atoms with Crippen molar-refractivity contribution in [2.24, 2.45) is 7.05 Å². The van der Waals surface area contributed by atoms with Gasteiger partial charge >= 0.3 is 0 Å². The summed E-state index contributed by atoms with van der Waals surface area (Å²) in [4.78, 5) is 0.382. The fourth-order valence-electron chi connectivity index (χ4n) is 2.87. The van der Waals surface area contributed by atoms with E-state index in [2.05, 4.69) is 21.0 Å². The van der Waals surface area contributed by atoms with Crippen LogP contribution in [0.2, 0.25) is 0 Å². The van der Waals surface area contributed by atoms with E-state index >= 15 is 0 Å². The molecule has 0 aliphatic carbocycles. The Morgan fingerprint density at radius 1 is 1.30 bits per heavy atom. The number of aromatic nitrogens is 2. The van der Waals surface area contributed by atoms with Crippen LogP contribution in [0.4, 0.5) is 0 Å². The van der Waals surface area contributed by atoms with E-state index in [4.69, 9.17) is 0 Å². The molecule has 1 atom stereocenters. The van der Waals surface area contributed by atoms with Crippen LogP contribution in [0.5, 0.6) is 0 Å². The number of halogens is 1. The highest BCUT2D eigenvalue weighted by Gasteiger charge is 2.35. The van der Waals surface area contributed by atoms with Crippen molar-refractivity contribution < 1.29 is 8.42 Å². The minimum Gasteiger partial charge on any atom is -0.271 e. The molecule has 2 heterocycles. The van der Waals surface area contributed by atoms with Crippen molar-refractivity contribution in [3.05, 3.63) is 11.4 Å². The molecule has 0 radical (unpaired) electrons. The molecule has 0 spiro atoms. The molecule has 1 saturated heterocycles. The van der Waals surface area contributed by atoms with Crippen LogP contribution in [0.3, 0.4) is 0 Å². The highest BCUT2D eigenvalue weighted by atomic mass is 79.9. The maximum absolute atomic E-state index is 13.0. The zero-order valence-electron chi connectivity index (χ0n) is 12.3. The highest BCUT2D eigenvalue weighted by molar-refractivity contribution is 9.09. The molecule has 1 aromatic heterocycles. The summed E-state index contributed by atoms with van der Waals surface area (Å²) in [5, 5.41) is 4.93. The van der Waals surface area contributed by atoms with Gasteiger partial charge in [-0.3, -0.25) is 4.68 Å². The van der Waals surface area contributed by atoms with Gasteiger partial charge in [-0.05, 0) is 26.7 Å². The van der Waals surface area contributed by atoms with Crippen molar-refractivity contribution >= 4 is 26.0 Å². The van der Waals surface area contributed by atoms with E-state index in [1.807, 2.05) is 6.92 Å². The predicted molar refractivity (Wildman–Crippen MR) is 82.6 cm³/mol. The molecular weight excluding hydrogens is 342 g/mol. The lowest BCUT2D eigenvalue weighted by Gasteiger charge is -2.27. The van der Waals surface area contributed by atoms with Crippen molar-refractivity contribution in [3.63, 3.8) is 0 Å². The van der Waals surface area contributed by atoms with E-state index in [0.29, 0.717) is 28.2 Å². The van der Waals surface area contributed by atoms with Gasteiger partial charge in [-0.2, -0.15) is 9.40 Å². The van der Waals surface area contributed by atoms with Gasteiger partial charge in [-0.1, -0.05) is 28.8 Å². The first-order valence-electron chi connectivity index (χ1n) is 6.97. The van der Waals surface area contributed by atoms with Crippen LogP contribution < -0.4 is 0 Å². The molecule has 1 unspecified atom stereocenters. The first-order chi connectivity index (χ1) is 9.39. The molecule has 0 saturated carbocycles. The quantitative estimate of drug-likeness (QED) is 0.774. The highest BCUT2D eigenvalue weighted by Crippen LogP contribution is 2.29. The first-order valence-corrected chi connectivity index (χ1v) is 9.53. The molecule has 0 amide bonds. The lowest BCUT2D eigenvalue weighted by molar-refractivity contribution is 0.347. The number of hydrogen-bond donors (Lipinski definition) is 0. The number of sulfonamides is 1. The third kappa shape index (κ3) is 2.80. The Bertz CT molecular complexity index is 583. The second kappa shape index (κ2) is 6.15. The molecule has 1 fully saturated rings. The SMILES string of the molecule is Cc1nn(C)c(C)c1S(=O)(=O)N1CCCCCC1CBr. The summed E-state index contributed by atoms with van der Waals surface area (Å²) in [5.41, 5.74) is 1.29. The second-order valence-corrected chi connectivity index (χ2v) is 7.87. The molecule has 0 aromatic carbocycles. The van der Waals surface area contributed by atoms with Crippen molar-refractivity contribution in [1.29, 1.82) is 0 Å². The van der Waals surface area contributed by atoms with Gasteiger partial charge < -0.3 is 0 Å². The van der Waals surface area contributed by atoms with E-state index in [0.717, 1.165) is 25.7 Å². The number of nitrogens with zero attached hydrogens (tertiary/aromatic N) is 3. The maximum Gasteiger partial charge on any atom is 0.247 e. The molecule has 114 valence electrons. The van der Waals surface area contributed by atoms with Crippen molar-refractivity contribution in [2.45, 2.75) is 50.5 Å². The summed E-state index contributed by atoms with van der Waals surface area (Å²) in [7, 11) is -1.68. The zero-order chi connectivity index (χ0) is 14.9. The Kier molecular flexibility index (Phi) is 4.92. The first kappa shape index (κ1) is 16.0. The van der Waals surface area contributed by atoms with E-state index in [1.54, 1.807) is 23.0 Å². The van der Waals surface area contributed by atoms with Gasteiger partial charge in [-0.15, -0.1) is 0 Å². The van der Waals surface area contributed by atoms with Gasteiger partial charge in [-0.25, -0.2) is 8.42 Å². The summed E-state index contributed by atoms with van der Waals surface area (Å²) in [6.07, 6.45) is 4.04. The molecule has 1 aromatic rings. The lowest BCUT2D eigenvalue weighted by Crippen LogP contribution is -2.41. The summed E-state index contributed by atoms with van der Waals surface area (Å²) < 4.78 is 29.3. The van der Waals surface area contributed by atoms with Gasteiger partial charge in [0.05, 0.1) is 11.4 Å². The van der Waals surface area contributed by atoms with Crippen molar-refractivity contribution in [1.82, 2.24) is 14.1 Å². The Hall–Kier alpha value is -0.400. The number of rotatable bonds is 3. The Morgan fingerprint density at radius 3 is 2.55 bits per heavy atom. The van der Waals surface area contributed by atoms with E-state index in [1.165, 1.54) is 0 Å². The van der Waals surface area contributed by atoms with E-state index in [9.17, 15) is 8.42 Å². The molecule has 0 bridgehead atoms. The van der Waals surface area contributed by atoms with Crippen LogP contribution >= 0.6 is 15.9 Å². The Morgan fingerprint density at radius 2 is 2.00 bits per heavy atom. The normalized spacial score (nSPS) is 21.9. The molecular formula is C13H22BrN3O2S. The Balaban J connectivity index is 2.47. The second-order valence-electron chi connectivity index (χ2n) is 5.40. The Labute approximate surface area is 129 Å². The number of aryl methyl sites for hydroxylation is 2. The van der Waals surface area contributed by atoms with Crippen LogP contribution in [0.15, 0.2) is 4.90 Å². The summed E-state index contributed by atoms with van der Waals surface area (Å²) in [5.74, 6) is 0. The summed E-state index contributed by atoms with van der Waals surface area (Å²) >= 11 is 3.47. The van der Waals surface area contributed by atoms with Gasteiger partial charge in [0.1, 0.15) is 4.90 Å². The van der Waals surface area contributed by atoms with E-state index in [-0.39, 0.29) is 6.04 Å². The van der Waals surface area contributed by atoms with Crippen LogP contribution in [0, 0.1) is 13.8 Å². The largest absolute Gasteiger partial charge is 0.271 e.